The van der Waals surface area contributed by atoms with Gasteiger partial charge in [-0.15, -0.1) is 0 Å². The molecule has 1 aromatic carbocycles. The number of aliphatic hydroxyl groups is 1. The number of nitrogens with one attached hydrogen (secondary N) is 1. The second kappa shape index (κ2) is 8.23. The normalized spacial score (nSPS) is 16.4. The van der Waals surface area contributed by atoms with Crippen molar-refractivity contribution in [2.45, 2.75) is 45.4 Å². The second-order valence-corrected chi connectivity index (χ2v) is 7.64. The van der Waals surface area contributed by atoms with Crippen LogP contribution in [-0.2, 0) is 11.2 Å². The molecule has 1 fully saturated rings. The van der Waals surface area contributed by atoms with Crippen LogP contribution in [0.5, 0.6) is 0 Å². The highest BCUT2D eigenvalue weighted by molar-refractivity contribution is 6.30. The first-order valence-corrected chi connectivity index (χ1v) is 9.49. The molecule has 1 aliphatic rings. The lowest BCUT2D eigenvalue weighted by Gasteiger charge is -2.35. The highest BCUT2D eigenvalue weighted by atomic mass is 35.5. The van der Waals surface area contributed by atoms with Crippen LogP contribution in [0.3, 0.4) is 0 Å². The second-order valence-electron chi connectivity index (χ2n) is 7.20. The van der Waals surface area contributed by atoms with Crippen molar-refractivity contribution in [3.05, 3.63) is 40.7 Å². The summed E-state index contributed by atoms with van der Waals surface area (Å²) in [6.45, 7) is 2.45. The molecule has 6 heteroatoms. The molecule has 140 valence electrons. The summed E-state index contributed by atoms with van der Waals surface area (Å²) < 4.78 is 5.70. The van der Waals surface area contributed by atoms with E-state index in [0.29, 0.717) is 28.9 Å². The summed E-state index contributed by atoms with van der Waals surface area (Å²) in [5, 5.41) is 13.4. The highest BCUT2D eigenvalue weighted by Gasteiger charge is 2.31. The highest BCUT2D eigenvalue weighted by Crippen LogP contribution is 2.35. The number of aliphatic hydroxyl groups excluding tert-OH is 1. The van der Waals surface area contributed by atoms with Gasteiger partial charge in [0.05, 0.1) is 18.7 Å². The summed E-state index contributed by atoms with van der Waals surface area (Å²) in [4.78, 5) is 16.8. The summed E-state index contributed by atoms with van der Waals surface area (Å²) >= 11 is 5.90. The van der Waals surface area contributed by atoms with Crippen molar-refractivity contribution in [3.63, 3.8) is 0 Å². The van der Waals surface area contributed by atoms with Crippen molar-refractivity contribution in [2.24, 2.45) is 5.41 Å². The van der Waals surface area contributed by atoms with Gasteiger partial charge >= 0.3 is 0 Å². The molecule has 0 aliphatic heterocycles. The number of carbonyl (C=O) groups is 1. The van der Waals surface area contributed by atoms with Gasteiger partial charge in [-0.25, -0.2) is 4.98 Å². The number of rotatable bonds is 6. The van der Waals surface area contributed by atoms with Crippen LogP contribution in [0.2, 0.25) is 5.02 Å². The minimum atomic E-state index is -0.165. The SMILES string of the molecule is Cc1oc(-c2ccc(Cl)cc2)nc1CC(=O)NCC1(CO)CCCCC1. The van der Waals surface area contributed by atoms with Crippen molar-refractivity contribution in [2.75, 3.05) is 13.2 Å². The number of carbonyl (C=O) groups excluding carboxylic acids is 1. The fraction of sp³-hybridized carbons (Fsp3) is 0.500. The molecule has 0 unspecified atom stereocenters. The molecule has 2 aromatic rings. The third kappa shape index (κ3) is 4.46. The molecular weight excluding hydrogens is 352 g/mol. The molecule has 1 heterocycles. The Labute approximate surface area is 158 Å². The van der Waals surface area contributed by atoms with Crippen molar-refractivity contribution >= 4 is 17.5 Å². The molecule has 5 nitrogen and oxygen atoms in total. The molecule has 0 radical (unpaired) electrons. The van der Waals surface area contributed by atoms with Crippen LogP contribution in [0.1, 0.15) is 43.6 Å². The average Bonchev–Trinajstić information content (AvgIpc) is 3.02. The maximum atomic E-state index is 12.4. The fourth-order valence-corrected chi connectivity index (χ4v) is 3.63. The first-order valence-electron chi connectivity index (χ1n) is 9.11. The van der Waals surface area contributed by atoms with Gasteiger partial charge in [0.2, 0.25) is 11.8 Å². The van der Waals surface area contributed by atoms with Crippen LogP contribution in [0.25, 0.3) is 11.5 Å². The zero-order chi connectivity index (χ0) is 18.6. The number of nitrogens with zero attached hydrogens (tertiary/aromatic N) is 1. The number of halogens is 1. The number of amides is 1. The minimum Gasteiger partial charge on any atom is -0.441 e. The third-order valence-electron chi connectivity index (χ3n) is 5.22. The van der Waals surface area contributed by atoms with Crippen molar-refractivity contribution in [3.8, 4) is 11.5 Å². The number of aromatic nitrogens is 1. The first kappa shape index (κ1) is 18.9. The van der Waals surface area contributed by atoms with E-state index in [4.69, 9.17) is 16.0 Å². The Hall–Kier alpha value is -1.85. The molecule has 3 rings (SSSR count). The molecule has 0 atom stereocenters. The van der Waals surface area contributed by atoms with Crippen LogP contribution in [-0.4, -0.2) is 29.1 Å². The Morgan fingerprint density at radius 1 is 1.27 bits per heavy atom. The molecule has 1 aliphatic carbocycles. The number of hydrogen-bond acceptors (Lipinski definition) is 4. The molecule has 0 saturated heterocycles. The van der Waals surface area contributed by atoms with Gasteiger partial charge in [-0.05, 0) is 44.0 Å². The number of benzene rings is 1. The van der Waals surface area contributed by atoms with Gasteiger partial charge in [-0.3, -0.25) is 4.79 Å². The number of hydrogen-bond donors (Lipinski definition) is 2. The topological polar surface area (TPSA) is 75.4 Å². The molecule has 2 N–H and O–H groups in total. The Bertz CT molecular complexity index is 749. The Kier molecular flexibility index (Phi) is 5.99. The Morgan fingerprint density at radius 2 is 1.96 bits per heavy atom. The van der Waals surface area contributed by atoms with Crippen LogP contribution >= 0.6 is 11.6 Å². The predicted molar refractivity (Wildman–Crippen MR) is 101 cm³/mol. The fourth-order valence-electron chi connectivity index (χ4n) is 3.50. The lowest BCUT2D eigenvalue weighted by atomic mass is 9.74. The molecule has 1 saturated carbocycles. The van der Waals surface area contributed by atoms with Gasteiger partial charge in [0.15, 0.2) is 0 Å². The summed E-state index contributed by atoms with van der Waals surface area (Å²) in [6, 6.07) is 7.24. The van der Waals surface area contributed by atoms with E-state index in [1.807, 2.05) is 19.1 Å². The van der Waals surface area contributed by atoms with E-state index < -0.39 is 0 Å². The molecule has 1 aromatic heterocycles. The summed E-state index contributed by atoms with van der Waals surface area (Å²) in [6.07, 6.45) is 5.54. The van der Waals surface area contributed by atoms with Crippen LogP contribution in [0.15, 0.2) is 28.7 Å². The van der Waals surface area contributed by atoms with Crippen LogP contribution in [0, 0.1) is 12.3 Å². The third-order valence-corrected chi connectivity index (χ3v) is 5.47. The largest absolute Gasteiger partial charge is 0.441 e. The zero-order valence-electron chi connectivity index (χ0n) is 15.1. The standard InChI is InChI=1S/C20H25ClN2O3/c1-14-17(23-19(26-14)15-5-7-16(21)8-6-15)11-18(25)22-12-20(13-24)9-3-2-4-10-20/h5-8,24H,2-4,9-13H2,1H3,(H,22,25). The molecular formula is C20H25ClN2O3. The lowest BCUT2D eigenvalue weighted by Crippen LogP contribution is -2.41. The van der Waals surface area contributed by atoms with E-state index in [9.17, 15) is 9.90 Å². The predicted octanol–water partition coefficient (Wildman–Crippen LogP) is 3.90. The van der Waals surface area contributed by atoms with Gasteiger partial charge in [0.1, 0.15) is 5.76 Å². The van der Waals surface area contributed by atoms with E-state index >= 15 is 0 Å². The van der Waals surface area contributed by atoms with E-state index in [2.05, 4.69) is 10.3 Å². The minimum absolute atomic E-state index is 0.0949. The van der Waals surface area contributed by atoms with Crippen molar-refractivity contribution in [1.29, 1.82) is 0 Å². The lowest BCUT2D eigenvalue weighted by molar-refractivity contribution is -0.121. The maximum absolute atomic E-state index is 12.4. The monoisotopic (exact) mass is 376 g/mol. The average molecular weight is 377 g/mol. The van der Waals surface area contributed by atoms with E-state index in [0.717, 1.165) is 31.2 Å². The summed E-state index contributed by atoms with van der Waals surface area (Å²) in [5.74, 6) is 1.03. The maximum Gasteiger partial charge on any atom is 0.226 e. The van der Waals surface area contributed by atoms with Crippen LogP contribution in [0.4, 0.5) is 0 Å². The van der Waals surface area contributed by atoms with Gasteiger partial charge in [-0.2, -0.15) is 0 Å². The molecule has 1 amide bonds. The smallest absolute Gasteiger partial charge is 0.226 e. The number of aryl methyl sites for hydroxylation is 1. The number of oxazole rings is 1. The van der Waals surface area contributed by atoms with Gasteiger partial charge in [0.25, 0.3) is 0 Å². The van der Waals surface area contributed by atoms with Crippen molar-refractivity contribution < 1.29 is 14.3 Å². The zero-order valence-corrected chi connectivity index (χ0v) is 15.8. The van der Waals surface area contributed by atoms with E-state index in [1.54, 1.807) is 12.1 Å². The van der Waals surface area contributed by atoms with Crippen molar-refractivity contribution in [1.82, 2.24) is 10.3 Å². The molecule has 26 heavy (non-hydrogen) atoms. The van der Waals surface area contributed by atoms with Crippen LogP contribution < -0.4 is 5.32 Å². The van der Waals surface area contributed by atoms with E-state index in [1.165, 1.54) is 6.42 Å². The van der Waals surface area contributed by atoms with Gasteiger partial charge in [0, 0.05) is 22.5 Å². The quantitative estimate of drug-likeness (QED) is 0.801. The molecule has 0 spiro atoms. The summed E-state index contributed by atoms with van der Waals surface area (Å²) in [7, 11) is 0. The van der Waals surface area contributed by atoms with Gasteiger partial charge < -0.3 is 14.8 Å². The first-order chi connectivity index (χ1) is 12.5. The Balaban J connectivity index is 1.61. The molecule has 0 bridgehead atoms. The Morgan fingerprint density at radius 3 is 2.62 bits per heavy atom. The van der Waals surface area contributed by atoms with E-state index in [-0.39, 0.29) is 24.3 Å². The van der Waals surface area contributed by atoms with Gasteiger partial charge in [-0.1, -0.05) is 30.9 Å². The summed E-state index contributed by atoms with van der Waals surface area (Å²) in [5.41, 5.74) is 1.29.